The van der Waals surface area contributed by atoms with E-state index in [0.29, 0.717) is 17.4 Å². The zero-order valence-electron chi connectivity index (χ0n) is 15.6. The first-order chi connectivity index (χ1) is 12.2. The number of rotatable bonds is 9. The summed E-state index contributed by atoms with van der Waals surface area (Å²) in [5, 5.41) is 11.8. The van der Waals surface area contributed by atoms with Crippen molar-refractivity contribution in [2.24, 2.45) is 0 Å². The Balaban J connectivity index is 1.95. The Morgan fingerprint density at radius 1 is 1.08 bits per heavy atom. The van der Waals surface area contributed by atoms with Crippen LogP contribution in [0.15, 0.2) is 46.9 Å². The number of aryl methyl sites for hydroxylation is 2. The van der Waals surface area contributed by atoms with E-state index in [2.05, 4.69) is 17.4 Å². The van der Waals surface area contributed by atoms with E-state index in [1.54, 1.807) is 12.1 Å². The summed E-state index contributed by atoms with van der Waals surface area (Å²) in [5.74, 6) is -0.368. The normalized spacial score (nSPS) is 12.6. The van der Waals surface area contributed by atoms with Crippen molar-refractivity contribution in [1.29, 1.82) is 0 Å². The summed E-state index contributed by atoms with van der Waals surface area (Å²) >= 11 is 0. The molecule has 1 aromatic heterocycles. The highest BCUT2D eigenvalue weighted by molar-refractivity contribution is 5.92. The molecule has 1 atom stereocenters. The summed E-state index contributed by atoms with van der Waals surface area (Å²) in [6, 6.07) is 13.0. The van der Waals surface area contributed by atoms with Gasteiger partial charge in [0.1, 0.15) is 5.76 Å². The predicted molar refractivity (Wildman–Crippen MR) is 99.0 cm³/mol. The van der Waals surface area contributed by atoms with Crippen LogP contribution in [-0.4, -0.2) is 55.2 Å². The molecule has 2 aromatic rings. The second-order valence-corrected chi connectivity index (χ2v) is 7.49. The summed E-state index contributed by atoms with van der Waals surface area (Å²) in [5.41, 5.74) is 1.21. The molecule has 0 aliphatic carbocycles. The summed E-state index contributed by atoms with van der Waals surface area (Å²) < 4.78 is 6.19. The predicted octanol–water partition coefficient (Wildman–Crippen LogP) is 2.34. The van der Waals surface area contributed by atoms with Crippen molar-refractivity contribution in [3.05, 3.63) is 59.5 Å². The van der Waals surface area contributed by atoms with Gasteiger partial charge in [0.25, 0.3) is 5.91 Å². The third kappa shape index (κ3) is 6.72. The highest BCUT2D eigenvalue weighted by atomic mass is 16.4. The molecular weight excluding hydrogens is 332 g/mol. The lowest BCUT2D eigenvalue weighted by atomic mass is 10.1. The number of carbonyl (C=O) groups is 2. The number of benzene rings is 1. The maximum atomic E-state index is 12.4. The van der Waals surface area contributed by atoms with E-state index in [-0.39, 0.29) is 18.1 Å². The Morgan fingerprint density at radius 3 is 2.38 bits per heavy atom. The van der Waals surface area contributed by atoms with Gasteiger partial charge in [0.05, 0.1) is 40.2 Å². The van der Waals surface area contributed by atoms with Gasteiger partial charge in [-0.15, -0.1) is 0 Å². The molecule has 1 aromatic carbocycles. The van der Waals surface area contributed by atoms with Crippen LogP contribution < -0.4 is 5.32 Å². The van der Waals surface area contributed by atoms with Crippen molar-refractivity contribution in [1.82, 2.24) is 5.32 Å². The minimum absolute atomic E-state index is 0.122. The maximum absolute atomic E-state index is 12.4. The van der Waals surface area contributed by atoms with Crippen LogP contribution in [0.3, 0.4) is 0 Å². The van der Waals surface area contributed by atoms with Crippen LogP contribution in [0, 0.1) is 0 Å². The van der Waals surface area contributed by atoms with Crippen LogP contribution in [0.2, 0.25) is 0 Å². The zero-order chi connectivity index (χ0) is 19.2. The molecule has 2 N–H and O–H groups in total. The van der Waals surface area contributed by atoms with Crippen LogP contribution in [0.4, 0.5) is 0 Å². The van der Waals surface area contributed by atoms with Crippen LogP contribution >= 0.6 is 0 Å². The van der Waals surface area contributed by atoms with Crippen molar-refractivity contribution in [3.8, 4) is 0 Å². The molecule has 140 valence electrons. The maximum Gasteiger partial charge on any atom is 0.305 e. The standard InChI is InChI=1S/C20H26N2O4/c1-22(2,3)14-16(13-19(23)24)21-20(25)18-12-11-17(26-18)10-9-15-7-5-4-6-8-15/h4-8,11-12,16H,9-10,13-14H2,1-3H3,(H-,21,23,24,25)/p+1. The molecular formula is C20H27N2O4+. The Bertz CT molecular complexity index is 732. The van der Waals surface area contributed by atoms with E-state index >= 15 is 0 Å². The number of carbonyl (C=O) groups excluding carboxylic acids is 1. The van der Waals surface area contributed by atoms with Gasteiger partial charge in [-0.2, -0.15) is 0 Å². The number of carboxylic acid groups (broad SMARTS) is 1. The first-order valence-electron chi connectivity index (χ1n) is 8.69. The average Bonchev–Trinajstić information content (AvgIpc) is 3.00. The first-order valence-corrected chi connectivity index (χ1v) is 8.69. The van der Waals surface area contributed by atoms with E-state index in [1.807, 2.05) is 39.3 Å². The molecule has 6 nitrogen and oxygen atoms in total. The SMILES string of the molecule is C[N+](C)(C)CC(CC(=O)O)NC(=O)c1ccc(CCc2ccccc2)o1. The molecule has 0 spiro atoms. The van der Waals surface area contributed by atoms with Crippen LogP contribution in [-0.2, 0) is 17.6 Å². The molecule has 26 heavy (non-hydrogen) atoms. The molecule has 1 unspecified atom stereocenters. The lowest BCUT2D eigenvalue weighted by molar-refractivity contribution is -0.871. The minimum Gasteiger partial charge on any atom is -0.481 e. The monoisotopic (exact) mass is 359 g/mol. The van der Waals surface area contributed by atoms with Gasteiger partial charge in [-0.25, -0.2) is 0 Å². The lowest BCUT2D eigenvalue weighted by Crippen LogP contribution is -2.49. The van der Waals surface area contributed by atoms with E-state index in [0.717, 1.165) is 12.2 Å². The zero-order valence-corrected chi connectivity index (χ0v) is 15.6. The molecule has 0 aliphatic heterocycles. The number of hydrogen-bond acceptors (Lipinski definition) is 3. The number of furan rings is 1. The van der Waals surface area contributed by atoms with Gasteiger partial charge in [-0.05, 0) is 24.1 Å². The van der Waals surface area contributed by atoms with Gasteiger partial charge in [0.15, 0.2) is 5.76 Å². The first kappa shape index (κ1) is 19.7. The quantitative estimate of drug-likeness (QED) is 0.674. The number of quaternary nitrogens is 1. The second-order valence-electron chi connectivity index (χ2n) is 7.49. The van der Waals surface area contributed by atoms with E-state index < -0.39 is 12.0 Å². The Labute approximate surface area is 154 Å². The van der Waals surface area contributed by atoms with Crippen LogP contribution in [0.1, 0.15) is 28.3 Å². The molecule has 0 radical (unpaired) electrons. The third-order valence-electron chi connectivity index (χ3n) is 3.91. The Kier molecular flexibility index (Phi) is 6.58. The fourth-order valence-corrected chi connectivity index (χ4v) is 2.84. The number of aliphatic carboxylic acids is 1. The topological polar surface area (TPSA) is 79.5 Å². The summed E-state index contributed by atoms with van der Waals surface area (Å²) in [4.78, 5) is 23.5. The molecule has 6 heteroatoms. The fourth-order valence-electron chi connectivity index (χ4n) is 2.84. The molecule has 2 rings (SSSR count). The van der Waals surface area contributed by atoms with Gasteiger partial charge >= 0.3 is 5.97 Å². The summed E-state index contributed by atoms with van der Waals surface area (Å²) in [7, 11) is 5.86. The summed E-state index contributed by atoms with van der Waals surface area (Å²) in [6.45, 7) is 0.514. The molecule has 1 heterocycles. The van der Waals surface area contributed by atoms with Gasteiger partial charge in [0, 0.05) is 6.42 Å². The smallest absolute Gasteiger partial charge is 0.305 e. The largest absolute Gasteiger partial charge is 0.481 e. The number of likely N-dealkylation sites (N-methyl/N-ethyl adjacent to an activating group) is 1. The van der Waals surface area contributed by atoms with E-state index in [1.165, 1.54) is 5.56 Å². The van der Waals surface area contributed by atoms with Crippen molar-refractivity contribution in [2.45, 2.75) is 25.3 Å². The van der Waals surface area contributed by atoms with Crippen LogP contribution in [0.5, 0.6) is 0 Å². The molecule has 1 amide bonds. The van der Waals surface area contributed by atoms with Crippen molar-refractivity contribution in [2.75, 3.05) is 27.7 Å². The second kappa shape index (κ2) is 8.67. The number of nitrogens with zero attached hydrogens (tertiary/aromatic N) is 1. The van der Waals surface area contributed by atoms with Gasteiger partial charge in [-0.3, -0.25) is 9.59 Å². The lowest BCUT2D eigenvalue weighted by Gasteiger charge is -2.28. The van der Waals surface area contributed by atoms with E-state index in [4.69, 9.17) is 9.52 Å². The number of hydrogen-bond donors (Lipinski definition) is 2. The molecule has 0 saturated heterocycles. The number of amides is 1. The van der Waals surface area contributed by atoms with Gasteiger partial charge in [0.2, 0.25) is 0 Å². The minimum atomic E-state index is -0.938. The summed E-state index contributed by atoms with van der Waals surface area (Å²) in [6.07, 6.45) is 1.41. The molecule has 0 saturated carbocycles. The van der Waals surface area contributed by atoms with Crippen LogP contribution in [0.25, 0.3) is 0 Å². The van der Waals surface area contributed by atoms with E-state index in [9.17, 15) is 9.59 Å². The Morgan fingerprint density at radius 2 is 1.77 bits per heavy atom. The third-order valence-corrected chi connectivity index (χ3v) is 3.91. The molecule has 0 fully saturated rings. The highest BCUT2D eigenvalue weighted by Gasteiger charge is 2.24. The highest BCUT2D eigenvalue weighted by Crippen LogP contribution is 2.12. The Hall–Kier alpha value is -2.60. The number of nitrogens with one attached hydrogen (secondary N) is 1. The molecule has 0 aliphatic rings. The van der Waals surface area contributed by atoms with Crippen molar-refractivity contribution in [3.63, 3.8) is 0 Å². The van der Waals surface area contributed by atoms with Gasteiger partial charge in [-0.1, -0.05) is 30.3 Å². The number of carboxylic acids is 1. The molecule has 0 bridgehead atoms. The van der Waals surface area contributed by atoms with Crippen molar-refractivity contribution < 1.29 is 23.6 Å². The average molecular weight is 359 g/mol. The fraction of sp³-hybridized carbons (Fsp3) is 0.400. The van der Waals surface area contributed by atoms with Gasteiger partial charge < -0.3 is 19.3 Å². The van der Waals surface area contributed by atoms with Crippen molar-refractivity contribution >= 4 is 11.9 Å².